The van der Waals surface area contributed by atoms with Crippen LogP contribution in [0, 0.1) is 0 Å². The maximum Gasteiger partial charge on any atom is 0.309 e. The summed E-state index contributed by atoms with van der Waals surface area (Å²) in [5.41, 5.74) is 0. The van der Waals surface area contributed by atoms with Crippen molar-refractivity contribution in [1.82, 2.24) is 5.32 Å². The Morgan fingerprint density at radius 3 is 1.92 bits per heavy atom. The second-order valence-corrected chi connectivity index (χ2v) is 3.64. The monoisotopic (exact) mass is 168 g/mol. The van der Waals surface area contributed by atoms with E-state index < -0.39 is 0 Å². The molecule has 1 aliphatic carbocycles. The minimum absolute atomic E-state index is 0.403. The van der Waals surface area contributed by atoms with Crippen LogP contribution in [0.5, 0.6) is 0 Å². The van der Waals surface area contributed by atoms with E-state index in [1.807, 2.05) is 0 Å². The first-order chi connectivity index (χ1) is 5.93. The van der Waals surface area contributed by atoms with Gasteiger partial charge in [0.25, 0.3) is 0 Å². The number of carbonyl (C=O) groups excluding carboxylic acids is 1. The highest BCUT2D eigenvalue weighted by molar-refractivity contribution is 5.47. The van der Waals surface area contributed by atoms with Crippen molar-refractivity contribution >= 4 is 6.41 Å². The Morgan fingerprint density at radius 2 is 1.42 bits per heavy atom. The van der Waals surface area contributed by atoms with Gasteiger partial charge in [0.15, 0.2) is 0 Å². The molecule has 0 spiro atoms. The van der Waals surface area contributed by atoms with Gasteiger partial charge in [-0.1, -0.05) is 38.5 Å². The standard InChI is InChI=1S/C10H18NO/c12-9-11-10-7-5-3-1-2-4-6-8-10/h10H,1-8H2,(H,11,12). The van der Waals surface area contributed by atoms with Gasteiger partial charge in [-0.3, -0.25) is 4.79 Å². The largest absolute Gasteiger partial charge is 0.345 e. The van der Waals surface area contributed by atoms with Gasteiger partial charge in [-0.2, -0.15) is 0 Å². The van der Waals surface area contributed by atoms with E-state index >= 15 is 0 Å². The second kappa shape index (κ2) is 6.04. The number of nitrogens with one attached hydrogen (secondary N) is 1. The number of rotatable bonds is 2. The molecule has 0 saturated heterocycles. The molecule has 1 aliphatic rings. The summed E-state index contributed by atoms with van der Waals surface area (Å²) in [6, 6.07) is 0.403. The summed E-state index contributed by atoms with van der Waals surface area (Å²) in [5, 5.41) is 2.77. The van der Waals surface area contributed by atoms with Crippen molar-refractivity contribution in [3.63, 3.8) is 0 Å². The zero-order valence-corrected chi connectivity index (χ0v) is 7.64. The van der Waals surface area contributed by atoms with Gasteiger partial charge in [-0.15, -0.1) is 0 Å². The van der Waals surface area contributed by atoms with E-state index in [1.165, 1.54) is 38.5 Å². The van der Waals surface area contributed by atoms with E-state index in [-0.39, 0.29) is 0 Å². The van der Waals surface area contributed by atoms with E-state index in [0.29, 0.717) is 6.04 Å². The van der Waals surface area contributed by atoms with Gasteiger partial charge >= 0.3 is 6.41 Å². The van der Waals surface area contributed by atoms with Crippen LogP contribution in [0.4, 0.5) is 0 Å². The lowest BCUT2D eigenvalue weighted by Gasteiger charge is -2.13. The van der Waals surface area contributed by atoms with E-state index in [1.54, 1.807) is 6.41 Å². The topological polar surface area (TPSA) is 29.1 Å². The molecule has 1 rings (SSSR count). The molecule has 1 radical (unpaired) electrons. The molecule has 0 atom stereocenters. The third-order valence-electron chi connectivity index (χ3n) is 2.62. The van der Waals surface area contributed by atoms with Crippen LogP contribution in [0.1, 0.15) is 51.4 Å². The van der Waals surface area contributed by atoms with Gasteiger partial charge in [0.1, 0.15) is 0 Å². The summed E-state index contributed by atoms with van der Waals surface area (Å²) in [5.74, 6) is 0. The minimum Gasteiger partial charge on any atom is -0.345 e. The van der Waals surface area contributed by atoms with Gasteiger partial charge < -0.3 is 5.32 Å². The van der Waals surface area contributed by atoms with Crippen LogP contribution < -0.4 is 5.32 Å². The molecule has 0 unspecified atom stereocenters. The SMILES string of the molecule is O=[C]NC1CCCCCCCC1. The van der Waals surface area contributed by atoms with Gasteiger partial charge in [0.05, 0.1) is 0 Å². The first kappa shape index (κ1) is 9.56. The van der Waals surface area contributed by atoms with Gasteiger partial charge in [-0.25, -0.2) is 0 Å². The van der Waals surface area contributed by atoms with Crippen LogP contribution in [-0.2, 0) is 4.79 Å². The van der Waals surface area contributed by atoms with E-state index in [0.717, 1.165) is 12.8 Å². The quantitative estimate of drug-likeness (QED) is 0.629. The Morgan fingerprint density at radius 1 is 0.917 bits per heavy atom. The summed E-state index contributed by atoms with van der Waals surface area (Å²) in [6.45, 7) is 0. The normalized spacial score (nSPS) is 22.0. The van der Waals surface area contributed by atoms with Crippen molar-refractivity contribution in [3.8, 4) is 0 Å². The van der Waals surface area contributed by atoms with Crippen molar-refractivity contribution in [3.05, 3.63) is 0 Å². The van der Waals surface area contributed by atoms with Crippen molar-refractivity contribution in [1.29, 1.82) is 0 Å². The van der Waals surface area contributed by atoms with Crippen LogP contribution in [0.2, 0.25) is 0 Å². The molecule has 0 aliphatic heterocycles. The van der Waals surface area contributed by atoms with Crippen molar-refractivity contribution in [2.75, 3.05) is 0 Å². The maximum atomic E-state index is 10.1. The van der Waals surface area contributed by atoms with E-state index in [2.05, 4.69) is 5.32 Å². The lowest BCUT2D eigenvalue weighted by molar-refractivity contribution is 0.465. The predicted molar refractivity (Wildman–Crippen MR) is 49.6 cm³/mol. The number of amides is 1. The van der Waals surface area contributed by atoms with Gasteiger partial charge in [0, 0.05) is 6.04 Å². The predicted octanol–water partition coefficient (Wildman–Crippen LogP) is 2.15. The van der Waals surface area contributed by atoms with Crippen LogP contribution >= 0.6 is 0 Å². The Kier molecular flexibility index (Phi) is 4.81. The van der Waals surface area contributed by atoms with Gasteiger partial charge in [-0.05, 0) is 12.8 Å². The van der Waals surface area contributed by atoms with Crippen LogP contribution in [-0.4, -0.2) is 12.5 Å². The molecule has 1 fully saturated rings. The minimum atomic E-state index is 0.403. The van der Waals surface area contributed by atoms with Crippen LogP contribution in [0.25, 0.3) is 0 Å². The summed E-state index contributed by atoms with van der Waals surface area (Å²) in [6.07, 6.45) is 12.0. The lowest BCUT2D eigenvalue weighted by Crippen LogP contribution is -2.27. The number of hydrogen-bond donors (Lipinski definition) is 1. The Bertz CT molecular complexity index is 115. The molecule has 0 aromatic rings. The fourth-order valence-electron chi connectivity index (χ4n) is 1.86. The Hall–Kier alpha value is -0.530. The molecule has 1 N–H and O–H groups in total. The molecule has 69 valence electrons. The number of hydrogen-bond acceptors (Lipinski definition) is 1. The highest BCUT2D eigenvalue weighted by Gasteiger charge is 2.08. The molecule has 0 aromatic heterocycles. The second-order valence-electron chi connectivity index (χ2n) is 3.64. The summed E-state index contributed by atoms with van der Waals surface area (Å²) < 4.78 is 0. The summed E-state index contributed by atoms with van der Waals surface area (Å²) in [7, 11) is 0. The molecule has 2 nitrogen and oxygen atoms in total. The van der Waals surface area contributed by atoms with Crippen LogP contribution in [0.3, 0.4) is 0 Å². The summed E-state index contributed by atoms with van der Waals surface area (Å²) >= 11 is 0. The molecule has 0 aromatic carbocycles. The highest BCUT2D eigenvalue weighted by atomic mass is 16.1. The molecular formula is C10H18NO. The smallest absolute Gasteiger partial charge is 0.309 e. The Labute approximate surface area is 74.7 Å². The third kappa shape index (κ3) is 3.74. The average Bonchev–Trinajstić information content (AvgIpc) is 2.19. The maximum absolute atomic E-state index is 10.1. The van der Waals surface area contributed by atoms with Gasteiger partial charge in [0.2, 0.25) is 0 Å². The lowest BCUT2D eigenvalue weighted by atomic mass is 10.1. The van der Waals surface area contributed by atoms with Crippen LogP contribution in [0.15, 0.2) is 0 Å². The molecule has 0 heterocycles. The van der Waals surface area contributed by atoms with E-state index in [9.17, 15) is 4.79 Å². The Balaban J connectivity index is 2.23. The molecular weight excluding hydrogens is 150 g/mol. The molecule has 0 bridgehead atoms. The first-order valence-corrected chi connectivity index (χ1v) is 5.06. The zero-order valence-electron chi connectivity index (χ0n) is 7.64. The highest BCUT2D eigenvalue weighted by Crippen LogP contribution is 2.16. The zero-order chi connectivity index (χ0) is 8.65. The first-order valence-electron chi connectivity index (χ1n) is 5.06. The fraction of sp³-hybridized carbons (Fsp3) is 0.900. The third-order valence-corrected chi connectivity index (χ3v) is 2.62. The average molecular weight is 168 g/mol. The molecule has 1 saturated carbocycles. The molecule has 2 heteroatoms. The van der Waals surface area contributed by atoms with Crippen molar-refractivity contribution < 1.29 is 4.79 Å². The van der Waals surface area contributed by atoms with E-state index in [4.69, 9.17) is 0 Å². The molecule has 1 amide bonds. The van der Waals surface area contributed by atoms with Crippen molar-refractivity contribution in [2.45, 2.75) is 57.4 Å². The molecule has 12 heavy (non-hydrogen) atoms. The summed E-state index contributed by atoms with van der Waals surface area (Å²) in [4.78, 5) is 10.1. The fourth-order valence-corrected chi connectivity index (χ4v) is 1.86. The van der Waals surface area contributed by atoms with Crippen molar-refractivity contribution in [2.24, 2.45) is 0 Å².